The number of anilines is 1. The molecule has 2 aromatic carbocycles. The Balaban J connectivity index is 1.67. The summed E-state index contributed by atoms with van der Waals surface area (Å²) >= 11 is 1.15. The number of thioether (sulfide) groups is 1. The SMILES string of the molecule is CCOc1ccc([C@H]2Nn3c(CC)nnc3S[C@@H]2C(=O)Nc2ccccc2C(F)(F)F)cc1. The topological polar surface area (TPSA) is 81.1 Å². The standard InChI is InChI=1S/C22H22F3N5O2S/c1-3-17-27-28-21-30(17)29-18(13-9-11-14(12-10-13)32-4-2)19(33-21)20(31)26-16-8-6-5-7-15(16)22(23,24)25/h5-12,18-19,29H,3-4H2,1-2H3,(H,26,31)/t18-,19+/m1/s1. The first-order chi connectivity index (χ1) is 15.8. The lowest BCUT2D eigenvalue weighted by Crippen LogP contribution is -2.41. The summed E-state index contributed by atoms with van der Waals surface area (Å²) in [5.74, 6) is 0.800. The molecule has 4 rings (SSSR count). The van der Waals surface area contributed by atoms with Crippen molar-refractivity contribution in [2.24, 2.45) is 0 Å². The van der Waals surface area contributed by atoms with E-state index in [-0.39, 0.29) is 5.69 Å². The fourth-order valence-corrected chi connectivity index (χ4v) is 4.66. The zero-order chi connectivity index (χ0) is 23.6. The fraction of sp³-hybridized carbons (Fsp3) is 0.318. The summed E-state index contributed by atoms with van der Waals surface area (Å²) in [5.41, 5.74) is 2.86. The van der Waals surface area contributed by atoms with E-state index in [1.165, 1.54) is 18.2 Å². The van der Waals surface area contributed by atoms with Crippen LogP contribution >= 0.6 is 11.8 Å². The number of ether oxygens (including phenoxy) is 1. The number of carbonyl (C=O) groups is 1. The Hall–Kier alpha value is -3.21. The molecule has 3 aromatic rings. The van der Waals surface area contributed by atoms with Crippen LogP contribution in [0.1, 0.15) is 36.8 Å². The van der Waals surface area contributed by atoms with Gasteiger partial charge in [-0.3, -0.25) is 4.79 Å². The molecular weight excluding hydrogens is 455 g/mol. The lowest BCUT2D eigenvalue weighted by Gasteiger charge is -2.33. The average molecular weight is 478 g/mol. The Bertz CT molecular complexity index is 1130. The number of nitrogens with one attached hydrogen (secondary N) is 2. The van der Waals surface area contributed by atoms with Crippen LogP contribution in [-0.2, 0) is 17.4 Å². The number of fused-ring (bicyclic) bond motifs is 1. The van der Waals surface area contributed by atoms with Crippen molar-refractivity contribution < 1.29 is 22.7 Å². The van der Waals surface area contributed by atoms with E-state index in [1.807, 2.05) is 26.0 Å². The van der Waals surface area contributed by atoms with Gasteiger partial charge in [-0.1, -0.05) is 43.0 Å². The predicted molar refractivity (Wildman–Crippen MR) is 119 cm³/mol. The third-order valence-electron chi connectivity index (χ3n) is 5.12. The normalized spacial score (nSPS) is 17.7. The molecule has 1 aliphatic heterocycles. The van der Waals surface area contributed by atoms with Crippen LogP contribution in [0, 0.1) is 0 Å². The summed E-state index contributed by atoms with van der Waals surface area (Å²) in [6.45, 7) is 4.33. The first-order valence-corrected chi connectivity index (χ1v) is 11.3. The minimum Gasteiger partial charge on any atom is -0.494 e. The van der Waals surface area contributed by atoms with Crippen molar-refractivity contribution in [2.75, 3.05) is 17.3 Å². The van der Waals surface area contributed by atoms with E-state index in [9.17, 15) is 18.0 Å². The zero-order valence-electron chi connectivity index (χ0n) is 17.9. The number of rotatable bonds is 6. The first-order valence-electron chi connectivity index (χ1n) is 10.4. The minimum absolute atomic E-state index is 0.290. The Labute approximate surface area is 192 Å². The lowest BCUT2D eigenvalue weighted by atomic mass is 10.0. The Kier molecular flexibility index (Phi) is 6.50. The van der Waals surface area contributed by atoms with Crippen LogP contribution in [0.15, 0.2) is 53.7 Å². The summed E-state index contributed by atoms with van der Waals surface area (Å²) in [5, 5.41) is 10.4. The number of carbonyl (C=O) groups excluding carboxylic acids is 1. The predicted octanol–water partition coefficient (Wildman–Crippen LogP) is 4.66. The molecule has 0 spiro atoms. The Morgan fingerprint density at radius 2 is 1.88 bits per heavy atom. The number of halogens is 3. The molecule has 0 saturated heterocycles. The van der Waals surface area contributed by atoms with E-state index >= 15 is 0 Å². The number of aromatic nitrogens is 3. The molecule has 2 atom stereocenters. The van der Waals surface area contributed by atoms with Gasteiger partial charge >= 0.3 is 6.18 Å². The quantitative estimate of drug-likeness (QED) is 0.538. The van der Waals surface area contributed by atoms with Gasteiger partial charge in [0.2, 0.25) is 11.1 Å². The second-order valence-corrected chi connectivity index (χ2v) is 8.38. The minimum atomic E-state index is -4.59. The van der Waals surface area contributed by atoms with Crippen LogP contribution in [0.5, 0.6) is 5.75 Å². The van der Waals surface area contributed by atoms with Crippen LogP contribution in [0.4, 0.5) is 18.9 Å². The van der Waals surface area contributed by atoms with Gasteiger partial charge in [-0.05, 0) is 36.8 Å². The number of hydrogen-bond acceptors (Lipinski definition) is 6. The number of amides is 1. The summed E-state index contributed by atoms with van der Waals surface area (Å²) in [4.78, 5) is 13.3. The van der Waals surface area contributed by atoms with E-state index in [0.717, 1.165) is 23.4 Å². The lowest BCUT2D eigenvalue weighted by molar-refractivity contribution is -0.137. The summed E-state index contributed by atoms with van der Waals surface area (Å²) in [6, 6.07) is 11.6. The van der Waals surface area contributed by atoms with Crippen LogP contribution in [0.3, 0.4) is 0 Å². The van der Waals surface area contributed by atoms with Crippen molar-refractivity contribution in [2.45, 2.75) is 42.9 Å². The van der Waals surface area contributed by atoms with Crippen LogP contribution in [0.2, 0.25) is 0 Å². The third-order valence-corrected chi connectivity index (χ3v) is 6.33. The van der Waals surface area contributed by atoms with Crippen molar-refractivity contribution >= 4 is 23.4 Å². The molecule has 1 aromatic heterocycles. The molecule has 0 fully saturated rings. The van der Waals surface area contributed by atoms with Gasteiger partial charge in [0.05, 0.1) is 23.9 Å². The molecule has 0 radical (unpaired) electrons. The zero-order valence-corrected chi connectivity index (χ0v) is 18.7. The van der Waals surface area contributed by atoms with Crippen molar-refractivity contribution in [3.8, 4) is 5.75 Å². The molecular formula is C22H22F3N5O2S. The van der Waals surface area contributed by atoms with Crippen LogP contribution in [0.25, 0.3) is 0 Å². The molecule has 0 aliphatic carbocycles. The number of benzene rings is 2. The van der Waals surface area contributed by atoms with Crippen LogP contribution < -0.4 is 15.5 Å². The largest absolute Gasteiger partial charge is 0.494 e. The number of para-hydroxylation sites is 1. The van der Waals surface area contributed by atoms with E-state index in [1.54, 1.807) is 16.8 Å². The Morgan fingerprint density at radius 1 is 1.15 bits per heavy atom. The highest BCUT2D eigenvalue weighted by Gasteiger charge is 2.39. The smallest absolute Gasteiger partial charge is 0.418 e. The highest BCUT2D eigenvalue weighted by atomic mass is 32.2. The van der Waals surface area contributed by atoms with Gasteiger partial charge in [0.25, 0.3) is 0 Å². The first kappa shape index (κ1) is 23.0. The molecule has 33 heavy (non-hydrogen) atoms. The molecule has 1 amide bonds. The number of nitrogens with zero attached hydrogens (tertiary/aromatic N) is 3. The number of alkyl halides is 3. The van der Waals surface area contributed by atoms with Gasteiger partial charge in [0.1, 0.15) is 11.0 Å². The van der Waals surface area contributed by atoms with Crippen LogP contribution in [-0.4, -0.2) is 32.6 Å². The number of aryl methyl sites for hydroxylation is 1. The third kappa shape index (κ3) is 4.77. The van der Waals surface area contributed by atoms with Gasteiger partial charge in [-0.2, -0.15) is 13.2 Å². The van der Waals surface area contributed by atoms with E-state index in [4.69, 9.17) is 4.74 Å². The molecule has 174 valence electrons. The average Bonchev–Trinajstić information content (AvgIpc) is 3.21. The van der Waals surface area contributed by atoms with Gasteiger partial charge in [-0.15, -0.1) is 10.2 Å². The second kappa shape index (κ2) is 9.34. The second-order valence-electron chi connectivity index (χ2n) is 7.27. The molecule has 2 N–H and O–H groups in total. The van der Waals surface area contributed by atoms with Crippen molar-refractivity contribution in [1.29, 1.82) is 0 Å². The van der Waals surface area contributed by atoms with Crippen molar-refractivity contribution in [1.82, 2.24) is 14.9 Å². The molecule has 0 unspecified atom stereocenters. The van der Waals surface area contributed by atoms with E-state index < -0.39 is 28.9 Å². The van der Waals surface area contributed by atoms with E-state index in [0.29, 0.717) is 29.8 Å². The maximum Gasteiger partial charge on any atom is 0.418 e. The maximum absolute atomic E-state index is 13.4. The molecule has 7 nitrogen and oxygen atoms in total. The summed E-state index contributed by atoms with van der Waals surface area (Å²) in [6.07, 6.45) is -3.97. The van der Waals surface area contributed by atoms with Gasteiger partial charge in [0.15, 0.2) is 5.82 Å². The van der Waals surface area contributed by atoms with Gasteiger partial charge < -0.3 is 15.5 Å². The Morgan fingerprint density at radius 3 is 2.55 bits per heavy atom. The molecule has 2 heterocycles. The summed E-state index contributed by atoms with van der Waals surface area (Å²) in [7, 11) is 0. The molecule has 0 saturated carbocycles. The van der Waals surface area contributed by atoms with Crippen molar-refractivity contribution in [3.63, 3.8) is 0 Å². The van der Waals surface area contributed by atoms with Gasteiger partial charge in [0, 0.05) is 6.42 Å². The number of hydrogen-bond donors (Lipinski definition) is 2. The fourth-order valence-electron chi connectivity index (χ4n) is 3.56. The maximum atomic E-state index is 13.4. The molecule has 0 bridgehead atoms. The molecule has 1 aliphatic rings. The van der Waals surface area contributed by atoms with Gasteiger partial charge in [-0.25, -0.2) is 4.68 Å². The molecule has 11 heteroatoms. The summed E-state index contributed by atoms with van der Waals surface area (Å²) < 4.78 is 47.5. The van der Waals surface area contributed by atoms with Crippen molar-refractivity contribution in [3.05, 3.63) is 65.5 Å². The monoisotopic (exact) mass is 477 g/mol. The highest BCUT2D eigenvalue weighted by Crippen LogP contribution is 2.39. The highest BCUT2D eigenvalue weighted by molar-refractivity contribution is 8.00. The van der Waals surface area contributed by atoms with E-state index in [2.05, 4.69) is 20.9 Å².